The van der Waals surface area contributed by atoms with Gasteiger partial charge in [-0.05, 0) is 97.8 Å². The topological polar surface area (TPSA) is 336 Å². The summed E-state index contributed by atoms with van der Waals surface area (Å²) in [5.41, 5.74) is 13.0. The summed E-state index contributed by atoms with van der Waals surface area (Å²) >= 11 is 0. The van der Waals surface area contributed by atoms with Gasteiger partial charge >= 0.3 is 17.9 Å². The molecule has 0 spiro atoms. The number of carboxylic acids is 1. The molecule has 2 aliphatic heterocycles. The minimum atomic E-state index is -0.893. The van der Waals surface area contributed by atoms with Gasteiger partial charge in [-0.3, -0.25) is 38.3 Å². The number of rotatable bonds is 17. The number of aryl methyl sites for hydroxylation is 2. The molecule has 4 heterocycles. The maximum absolute atomic E-state index is 13.2. The number of amides is 3. The molecule has 24 nitrogen and oxygen atoms in total. The third kappa shape index (κ3) is 16.1. The van der Waals surface area contributed by atoms with Crippen LogP contribution in [0.1, 0.15) is 86.5 Å². The molecule has 0 aliphatic carbocycles. The van der Waals surface area contributed by atoms with Crippen molar-refractivity contribution in [3.05, 3.63) is 189 Å². The van der Waals surface area contributed by atoms with Crippen LogP contribution in [0.15, 0.2) is 143 Å². The highest BCUT2D eigenvalue weighted by atomic mass is 16.5. The fourth-order valence-corrected chi connectivity index (χ4v) is 10.8. The second-order valence-electron chi connectivity index (χ2n) is 21.6. The van der Waals surface area contributed by atoms with E-state index in [1.807, 2.05) is 78.6 Å². The van der Waals surface area contributed by atoms with Gasteiger partial charge in [0.25, 0.3) is 11.8 Å². The molecule has 0 atom stereocenters. The van der Waals surface area contributed by atoms with Crippen LogP contribution in [0.3, 0.4) is 0 Å². The highest BCUT2D eigenvalue weighted by Gasteiger charge is 2.29. The number of aromatic hydroxyl groups is 2. The zero-order valence-electron chi connectivity index (χ0n) is 51.7. The number of H-pyrrole nitrogens is 1. The van der Waals surface area contributed by atoms with Crippen LogP contribution in [0.25, 0.3) is 21.8 Å². The number of hydrogen-bond donors (Lipinski definition) is 8. The van der Waals surface area contributed by atoms with E-state index in [-0.39, 0.29) is 67.9 Å². The van der Waals surface area contributed by atoms with E-state index in [2.05, 4.69) is 10.3 Å². The lowest BCUT2D eigenvalue weighted by Crippen LogP contribution is -2.51. The third-order valence-electron chi connectivity index (χ3n) is 15.4. The Balaban J connectivity index is 0.000000224. The average molecular weight is 1260 g/mol. The molecular weight excluding hydrogens is 1180 g/mol. The van der Waals surface area contributed by atoms with Crippen LogP contribution < -0.4 is 11.1 Å². The van der Waals surface area contributed by atoms with Crippen molar-refractivity contribution in [2.24, 2.45) is 15.7 Å². The molecule has 480 valence electrons. The number of aromatic nitrogens is 2. The Labute approximate surface area is 530 Å². The fraction of sp³-hybridized carbons (Fsp3) is 0.279. The molecule has 2 saturated heterocycles. The normalized spacial score (nSPS) is 13.8. The first-order valence-electron chi connectivity index (χ1n) is 29.6. The van der Waals surface area contributed by atoms with Gasteiger partial charge in [0.1, 0.15) is 0 Å². The van der Waals surface area contributed by atoms with Crippen LogP contribution in [0.2, 0.25) is 0 Å². The Morgan fingerprint density at radius 2 is 1.02 bits per heavy atom. The Kier molecular flexibility index (Phi) is 23.0. The van der Waals surface area contributed by atoms with Crippen molar-refractivity contribution in [2.45, 2.75) is 20.8 Å². The Hall–Kier alpha value is -10.4. The summed E-state index contributed by atoms with van der Waals surface area (Å²) < 4.78 is 11.0. The SMILES string of the molecule is COC(=O)c1cc2[nH]c(O)c(C(=Nc3ccc(C(=O)N4CCN(CC(=O)NCCO)CC4)cc3)c3ccccc3)c2cc1C.COC(=O)c1cc2c(cc1C)c(C(=Nc1ccc(C(=O)N3CCN(CC(=O)O)CC3)cc1)c1ccccc1)c(O)n2C(C)=O.NCCO. The highest BCUT2D eigenvalue weighted by molar-refractivity contribution is 6.24. The van der Waals surface area contributed by atoms with Gasteiger partial charge in [-0.25, -0.2) is 19.6 Å². The van der Waals surface area contributed by atoms with E-state index in [1.54, 1.807) is 82.3 Å². The number of benzene rings is 6. The van der Waals surface area contributed by atoms with Gasteiger partial charge in [-0.1, -0.05) is 60.7 Å². The van der Waals surface area contributed by atoms with Crippen molar-refractivity contribution in [1.82, 2.24) is 34.5 Å². The number of methoxy groups -OCH3 is 2. The molecule has 0 unspecified atom stereocenters. The molecule has 0 saturated carbocycles. The number of aliphatic hydroxyl groups is 2. The first-order chi connectivity index (χ1) is 44.3. The molecule has 92 heavy (non-hydrogen) atoms. The number of esters is 2. The van der Waals surface area contributed by atoms with Crippen LogP contribution in [-0.4, -0.2) is 214 Å². The summed E-state index contributed by atoms with van der Waals surface area (Å²) in [6, 6.07) is 39.2. The van der Waals surface area contributed by atoms with Gasteiger partial charge in [0.15, 0.2) is 5.88 Å². The van der Waals surface area contributed by atoms with E-state index < -0.39 is 23.8 Å². The van der Waals surface area contributed by atoms with E-state index in [4.69, 9.17) is 40.5 Å². The second kappa shape index (κ2) is 31.4. The minimum absolute atomic E-state index is 0.0505. The number of piperazine rings is 2. The van der Waals surface area contributed by atoms with Crippen LogP contribution >= 0.6 is 0 Å². The largest absolute Gasteiger partial charge is 0.494 e. The third-order valence-corrected chi connectivity index (χ3v) is 15.4. The summed E-state index contributed by atoms with van der Waals surface area (Å²) in [4.78, 5) is 107. The van der Waals surface area contributed by atoms with Crippen molar-refractivity contribution in [2.75, 3.05) is 106 Å². The maximum atomic E-state index is 13.2. The molecule has 24 heteroatoms. The maximum Gasteiger partial charge on any atom is 0.338 e. The van der Waals surface area contributed by atoms with Crippen molar-refractivity contribution in [3.63, 3.8) is 0 Å². The van der Waals surface area contributed by atoms with Crippen LogP contribution in [0, 0.1) is 13.8 Å². The Morgan fingerprint density at radius 3 is 1.46 bits per heavy atom. The van der Waals surface area contributed by atoms with Gasteiger partial charge in [0.05, 0.1) is 91.1 Å². The van der Waals surface area contributed by atoms with Crippen molar-refractivity contribution in [3.8, 4) is 11.8 Å². The quantitative estimate of drug-likeness (QED) is 0.0380. The predicted molar refractivity (Wildman–Crippen MR) is 347 cm³/mol. The molecule has 2 fully saturated rings. The zero-order valence-corrected chi connectivity index (χ0v) is 51.7. The molecule has 0 bridgehead atoms. The van der Waals surface area contributed by atoms with E-state index in [0.29, 0.717) is 148 Å². The summed E-state index contributed by atoms with van der Waals surface area (Å²) in [6.45, 7) is 9.65. The standard InChI is InChI=1S/C33H35N5O6.C33H32N4O7.C2H7NO/c1-21-18-26-27(19-25(21)33(43)44-2)36-31(41)29(26)30(22-6-4-3-5-7-22)35-24-10-8-23(9-11-24)32(42)38-15-13-37(14-16-38)20-28(40)34-12-17-39;1-20-17-26-27(18-25(20)33(43)44-3)37(21(2)38)32(42)29(26)30(22-7-5-4-6-8-22)34-24-11-9-23(10-12-24)31(41)36-15-13-35(14-16-36)19-28(39)40;3-1-2-4/h3-11,18-19,36,39,41H,12-17,20H2,1-2H3,(H,34,40);4-12,17-18,42H,13-16,19H2,1-3H3,(H,39,40);4H,1-3H2. The van der Waals surface area contributed by atoms with Crippen molar-refractivity contribution in [1.29, 1.82) is 0 Å². The zero-order chi connectivity index (χ0) is 66.2. The molecule has 6 aromatic carbocycles. The van der Waals surface area contributed by atoms with Crippen LogP contribution in [0.5, 0.6) is 11.8 Å². The number of ether oxygens (including phenoxy) is 2. The lowest BCUT2D eigenvalue weighted by atomic mass is 9.98. The highest BCUT2D eigenvalue weighted by Crippen LogP contribution is 2.38. The molecule has 9 N–H and O–H groups in total. The lowest BCUT2D eigenvalue weighted by molar-refractivity contribution is -0.138. The number of nitrogens with two attached hydrogens (primary N) is 1. The van der Waals surface area contributed by atoms with Crippen molar-refractivity contribution < 1.29 is 68.6 Å². The number of aliphatic carboxylic acids is 1. The summed E-state index contributed by atoms with van der Waals surface area (Å²) in [7, 11) is 2.61. The van der Waals surface area contributed by atoms with Crippen molar-refractivity contribution >= 4 is 86.1 Å². The number of nitrogens with zero attached hydrogens (tertiary/aromatic N) is 7. The summed E-state index contributed by atoms with van der Waals surface area (Å²) in [5.74, 6) is -3.16. The smallest absolute Gasteiger partial charge is 0.338 e. The first-order valence-corrected chi connectivity index (χ1v) is 29.6. The molecule has 2 aliphatic rings. The van der Waals surface area contributed by atoms with E-state index in [0.717, 1.165) is 10.1 Å². The number of aliphatic hydroxyl groups excluding tert-OH is 2. The van der Waals surface area contributed by atoms with E-state index >= 15 is 0 Å². The number of carbonyl (C=O) groups excluding carboxylic acids is 6. The number of nitrogens with one attached hydrogen (secondary N) is 2. The average Bonchev–Trinajstić information content (AvgIpc) is 1.60. The number of fused-ring (bicyclic) bond motifs is 2. The number of carboxylic acid groups (broad SMARTS) is 1. The molecule has 8 aromatic rings. The predicted octanol–water partition coefficient (Wildman–Crippen LogP) is 6.05. The van der Waals surface area contributed by atoms with Gasteiger partial charge < -0.3 is 60.8 Å². The number of hydrogen-bond acceptors (Lipinski definition) is 18. The van der Waals surface area contributed by atoms with E-state index in [1.165, 1.54) is 27.2 Å². The fourth-order valence-electron chi connectivity index (χ4n) is 10.8. The van der Waals surface area contributed by atoms with Crippen LogP contribution in [-0.2, 0) is 19.1 Å². The van der Waals surface area contributed by atoms with Gasteiger partial charge in [0, 0.05) is 111 Å². The second-order valence-corrected chi connectivity index (χ2v) is 21.6. The monoisotopic (exact) mass is 1250 g/mol. The first kappa shape index (κ1) is 67.6. The number of carbonyl (C=O) groups is 7. The molecular formula is C68H74N10O14. The minimum Gasteiger partial charge on any atom is -0.494 e. The molecule has 3 amide bonds. The van der Waals surface area contributed by atoms with Gasteiger partial charge in [-0.2, -0.15) is 0 Å². The summed E-state index contributed by atoms with van der Waals surface area (Å²) in [5, 5.41) is 52.0. The summed E-state index contributed by atoms with van der Waals surface area (Å²) in [6.07, 6.45) is 0. The van der Waals surface area contributed by atoms with E-state index in [9.17, 15) is 43.8 Å². The van der Waals surface area contributed by atoms with Gasteiger partial charge in [0.2, 0.25) is 17.7 Å². The molecule has 0 radical (unpaired) electrons. The Morgan fingerprint density at radius 1 is 0.576 bits per heavy atom. The lowest BCUT2D eigenvalue weighted by Gasteiger charge is -2.34. The molecule has 2 aromatic heterocycles. The van der Waals surface area contributed by atoms with Crippen LogP contribution in [0.4, 0.5) is 11.4 Å². The van der Waals surface area contributed by atoms with Gasteiger partial charge in [-0.15, -0.1) is 0 Å². The molecule has 10 rings (SSSR count). The Bertz CT molecular complexity index is 4030. The number of aromatic amines is 1. The number of aliphatic imine (C=N–C) groups is 2.